The second-order valence-corrected chi connectivity index (χ2v) is 15.4. The number of carbonyl (C=O) groups excluding carboxylic acids is 2. The summed E-state index contributed by atoms with van der Waals surface area (Å²) in [5, 5.41) is 0.998. The fourth-order valence-electron chi connectivity index (χ4n) is 7.48. The maximum absolute atomic E-state index is 14.3. The van der Waals surface area contributed by atoms with Gasteiger partial charge in [0.2, 0.25) is 0 Å². The summed E-state index contributed by atoms with van der Waals surface area (Å²) in [6.07, 6.45) is 3.14. The van der Waals surface area contributed by atoms with Crippen LogP contribution in [0.2, 0.25) is 10.0 Å². The molecule has 3 aromatic rings. The van der Waals surface area contributed by atoms with E-state index in [2.05, 4.69) is 56.9 Å². The minimum absolute atomic E-state index is 0.0884. The van der Waals surface area contributed by atoms with Crippen molar-refractivity contribution in [1.82, 2.24) is 4.90 Å². The first kappa shape index (κ1) is 33.4. The van der Waals surface area contributed by atoms with Gasteiger partial charge in [0.25, 0.3) is 0 Å². The fourth-order valence-corrected chi connectivity index (χ4v) is 7.96. The van der Waals surface area contributed by atoms with Gasteiger partial charge in [-0.05, 0) is 78.0 Å². The number of Topliss-reactive ketones (excluding diaryl/α,β-unsaturated/α-hetero) is 2. The zero-order valence-electron chi connectivity index (χ0n) is 27.9. The van der Waals surface area contributed by atoms with Crippen LogP contribution in [0.25, 0.3) is 0 Å². The Hall–Kier alpha value is -3.54. The van der Waals surface area contributed by atoms with Crippen LogP contribution in [-0.2, 0) is 22.6 Å². The van der Waals surface area contributed by atoms with Crippen molar-refractivity contribution in [3.63, 3.8) is 0 Å². The molecule has 0 radical (unpaired) electrons. The molecule has 0 aromatic heterocycles. The van der Waals surface area contributed by atoms with Crippen molar-refractivity contribution in [1.29, 1.82) is 0 Å². The van der Waals surface area contributed by atoms with Crippen molar-refractivity contribution in [3.05, 3.63) is 116 Å². The highest BCUT2D eigenvalue weighted by Crippen LogP contribution is 2.55. The third-order valence-electron chi connectivity index (χ3n) is 9.43. The van der Waals surface area contributed by atoms with Crippen LogP contribution in [0.1, 0.15) is 82.9 Å². The Balaban J connectivity index is 1.48. The van der Waals surface area contributed by atoms with Crippen LogP contribution in [0.5, 0.6) is 11.5 Å². The number of hydrogen-bond acceptors (Lipinski definition) is 5. The van der Waals surface area contributed by atoms with Crippen LogP contribution in [0.3, 0.4) is 0 Å². The lowest BCUT2D eigenvalue weighted by molar-refractivity contribution is -0.119. The molecule has 0 atom stereocenters. The maximum Gasteiger partial charge on any atom is 0.180 e. The summed E-state index contributed by atoms with van der Waals surface area (Å²) in [6, 6.07) is 21.7. The van der Waals surface area contributed by atoms with Crippen molar-refractivity contribution in [2.24, 2.45) is 10.8 Å². The largest absolute Gasteiger partial charge is 0.490 e. The van der Waals surface area contributed by atoms with Gasteiger partial charge in [-0.1, -0.05) is 93.4 Å². The quantitative estimate of drug-likeness (QED) is 0.227. The molecule has 1 aliphatic heterocycles. The first-order valence-corrected chi connectivity index (χ1v) is 17.3. The van der Waals surface area contributed by atoms with Crippen molar-refractivity contribution in [3.8, 4) is 11.5 Å². The summed E-state index contributed by atoms with van der Waals surface area (Å²) in [7, 11) is 0. The fraction of sp³-hybridized carbons (Fsp3) is 0.400. The smallest absolute Gasteiger partial charge is 0.180 e. The normalized spacial score (nSPS) is 19.1. The topological polar surface area (TPSA) is 55.8 Å². The van der Waals surface area contributed by atoms with Crippen LogP contribution < -0.4 is 9.47 Å². The van der Waals surface area contributed by atoms with Crippen LogP contribution in [0.15, 0.2) is 89.3 Å². The van der Waals surface area contributed by atoms with Gasteiger partial charge in [0.15, 0.2) is 23.1 Å². The minimum Gasteiger partial charge on any atom is -0.490 e. The van der Waals surface area contributed by atoms with E-state index < -0.39 is 5.92 Å². The second kappa shape index (κ2) is 13.2. The number of allylic oxidation sites excluding steroid dienone is 4. The molecule has 2 aliphatic carbocycles. The van der Waals surface area contributed by atoms with Crippen LogP contribution in [0, 0.1) is 10.8 Å². The zero-order valence-corrected chi connectivity index (χ0v) is 29.4. The SMILES string of the molecule is CCOc1cc(C2C3=C(CC(C)(C)CC3=O)N(CCc3ccccc3)C3=C2C(=O)CC(C)(C)C3)cc(Cl)c1OCc1cccc(Cl)c1. The van der Waals surface area contributed by atoms with E-state index in [-0.39, 0.29) is 29.0 Å². The van der Waals surface area contributed by atoms with E-state index in [0.29, 0.717) is 47.5 Å². The van der Waals surface area contributed by atoms with Gasteiger partial charge in [0.1, 0.15) is 6.61 Å². The highest BCUT2D eigenvalue weighted by molar-refractivity contribution is 6.32. The van der Waals surface area contributed by atoms with E-state index >= 15 is 0 Å². The minimum atomic E-state index is -0.529. The first-order chi connectivity index (χ1) is 22.4. The maximum atomic E-state index is 14.3. The average molecular weight is 673 g/mol. The molecule has 0 saturated carbocycles. The predicted octanol–water partition coefficient (Wildman–Crippen LogP) is 9.90. The number of ketones is 2. The molecule has 0 saturated heterocycles. The second-order valence-electron chi connectivity index (χ2n) is 14.6. The zero-order chi connectivity index (χ0) is 33.5. The summed E-state index contributed by atoms with van der Waals surface area (Å²) >= 11 is 13.2. The molecule has 0 spiro atoms. The molecule has 0 amide bonds. The van der Waals surface area contributed by atoms with Gasteiger partial charge >= 0.3 is 0 Å². The molecule has 246 valence electrons. The lowest BCUT2D eigenvalue weighted by Gasteiger charge is -2.49. The Bertz CT molecular complexity index is 1720. The molecule has 6 rings (SSSR count). The molecule has 7 heteroatoms. The van der Waals surface area contributed by atoms with Gasteiger partial charge in [0, 0.05) is 52.9 Å². The average Bonchev–Trinajstić information content (AvgIpc) is 2.99. The number of carbonyl (C=O) groups is 2. The standard InChI is InChI=1S/C40H43Cl2NO4/c1-6-46-34-19-27(18-29(42)38(34)47-24-26-13-10-14-28(41)17-26)35-36-30(20-39(2,3)22-32(36)44)43(16-15-25-11-8-7-9-12-25)31-21-40(4,5)23-33(45)37(31)35/h7-14,17-19,35H,6,15-16,20-24H2,1-5H3. The summed E-state index contributed by atoms with van der Waals surface area (Å²) < 4.78 is 12.3. The first-order valence-electron chi connectivity index (χ1n) is 16.5. The molecular weight excluding hydrogens is 629 g/mol. The Labute approximate surface area is 288 Å². The summed E-state index contributed by atoms with van der Waals surface area (Å²) in [5.74, 6) is 0.558. The van der Waals surface area contributed by atoms with E-state index in [4.69, 9.17) is 32.7 Å². The van der Waals surface area contributed by atoms with Crippen molar-refractivity contribution < 1.29 is 19.1 Å². The Morgan fingerprint density at radius 2 is 1.38 bits per heavy atom. The van der Waals surface area contributed by atoms with Gasteiger partial charge in [-0.15, -0.1) is 0 Å². The molecule has 1 heterocycles. The van der Waals surface area contributed by atoms with Gasteiger partial charge in [-0.2, -0.15) is 0 Å². The van der Waals surface area contributed by atoms with Crippen molar-refractivity contribution in [2.45, 2.75) is 79.2 Å². The lowest BCUT2D eigenvalue weighted by Crippen LogP contribution is -2.45. The summed E-state index contributed by atoms with van der Waals surface area (Å²) in [5.41, 5.74) is 6.00. The third-order valence-corrected chi connectivity index (χ3v) is 9.94. The summed E-state index contributed by atoms with van der Waals surface area (Å²) in [4.78, 5) is 30.9. The monoisotopic (exact) mass is 671 g/mol. The highest BCUT2D eigenvalue weighted by Gasteiger charge is 2.49. The van der Waals surface area contributed by atoms with Gasteiger partial charge in [-0.3, -0.25) is 9.59 Å². The number of ether oxygens (including phenoxy) is 2. The number of halogens is 2. The Morgan fingerprint density at radius 1 is 0.766 bits per heavy atom. The molecule has 0 N–H and O–H groups in total. The van der Waals surface area contributed by atoms with Gasteiger partial charge < -0.3 is 14.4 Å². The number of benzene rings is 3. The van der Waals surface area contributed by atoms with E-state index in [0.717, 1.165) is 52.9 Å². The molecule has 0 bridgehead atoms. The molecule has 3 aromatic carbocycles. The van der Waals surface area contributed by atoms with Crippen LogP contribution >= 0.6 is 23.2 Å². The lowest BCUT2D eigenvalue weighted by atomic mass is 9.63. The Kier molecular flexibility index (Phi) is 9.34. The van der Waals surface area contributed by atoms with E-state index in [1.54, 1.807) is 0 Å². The van der Waals surface area contributed by atoms with E-state index in [1.165, 1.54) is 5.56 Å². The molecule has 5 nitrogen and oxygen atoms in total. The number of hydrogen-bond donors (Lipinski definition) is 0. The van der Waals surface area contributed by atoms with Gasteiger partial charge in [-0.25, -0.2) is 0 Å². The van der Waals surface area contributed by atoms with E-state index in [1.807, 2.05) is 49.4 Å². The van der Waals surface area contributed by atoms with E-state index in [9.17, 15) is 9.59 Å². The molecule has 0 fully saturated rings. The predicted molar refractivity (Wildman–Crippen MR) is 188 cm³/mol. The molecule has 0 unspecified atom stereocenters. The van der Waals surface area contributed by atoms with Crippen molar-refractivity contribution in [2.75, 3.05) is 13.2 Å². The summed E-state index contributed by atoms with van der Waals surface area (Å²) in [6.45, 7) is 11.9. The molecule has 47 heavy (non-hydrogen) atoms. The Morgan fingerprint density at radius 3 is 1.98 bits per heavy atom. The molecular formula is C40H43Cl2NO4. The van der Waals surface area contributed by atoms with Crippen LogP contribution in [-0.4, -0.2) is 29.6 Å². The third kappa shape index (κ3) is 7.03. The number of rotatable bonds is 9. The number of nitrogens with zero attached hydrogens (tertiary/aromatic N) is 1. The van der Waals surface area contributed by atoms with Crippen LogP contribution in [0.4, 0.5) is 0 Å². The van der Waals surface area contributed by atoms with Crippen molar-refractivity contribution >= 4 is 34.8 Å². The molecule has 3 aliphatic rings. The van der Waals surface area contributed by atoms with Gasteiger partial charge in [0.05, 0.1) is 11.6 Å². The highest BCUT2D eigenvalue weighted by atomic mass is 35.5.